The maximum atomic E-state index is 12.3. The fourth-order valence-electron chi connectivity index (χ4n) is 1.89. The summed E-state index contributed by atoms with van der Waals surface area (Å²) in [6, 6.07) is 1.47. The van der Waals surface area contributed by atoms with E-state index >= 15 is 0 Å². The van der Waals surface area contributed by atoms with Crippen LogP contribution in [-0.4, -0.2) is 33.3 Å². The summed E-state index contributed by atoms with van der Waals surface area (Å²) in [5.74, 6) is -0.239. The molecule has 0 spiro atoms. The average Bonchev–Trinajstić information content (AvgIpc) is 3.13. The smallest absolute Gasteiger partial charge is 0.300 e. The Morgan fingerprint density at radius 2 is 2.33 bits per heavy atom. The second kappa shape index (κ2) is 4.59. The van der Waals surface area contributed by atoms with E-state index in [4.69, 9.17) is 5.73 Å². The second-order valence-electron chi connectivity index (χ2n) is 4.21. The van der Waals surface area contributed by atoms with E-state index in [0.717, 1.165) is 19.0 Å². The molecule has 7 heteroatoms. The van der Waals surface area contributed by atoms with E-state index < -0.39 is 4.92 Å². The minimum atomic E-state index is -0.611. The van der Waals surface area contributed by atoms with Crippen molar-refractivity contribution >= 4 is 17.4 Å². The van der Waals surface area contributed by atoms with Crippen LogP contribution in [0.15, 0.2) is 12.3 Å². The zero-order valence-corrected chi connectivity index (χ0v) is 10.00. The molecule has 1 heterocycles. The summed E-state index contributed by atoms with van der Waals surface area (Å²) in [5, 5.41) is 10.9. The maximum absolute atomic E-state index is 12.3. The van der Waals surface area contributed by atoms with Gasteiger partial charge in [-0.1, -0.05) is 0 Å². The number of hydrogen-bond acceptors (Lipinski definition) is 5. The van der Waals surface area contributed by atoms with Gasteiger partial charge < -0.3 is 10.6 Å². The van der Waals surface area contributed by atoms with Crippen LogP contribution in [0.3, 0.4) is 0 Å². The number of hydrogen-bond donors (Lipinski definition) is 1. The standard InChI is InChI=1S/C11H14N4O3/c1-2-14(7-3-4-7)11(16)8-5-10(12)13-6-9(8)15(17)18/h5-7H,2-4H2,1H3,(H2,12,13). The Labute approximate surface area is 104 Å². The molecule has 0 saturated heterocycles. The molecule has 0 atom stereocenters. The molecular weight excluding hydrogens is 236 g/mol. The monoisotopic (exact) mass is 250 g/mol. The Morgan fingerprint density at radius 1 is 1.67 bits per heavy atom. The quantitative estimate of drug-likeness (QED) is 0.638. The van der Waals surface area contributed by atoms with E-state index in [1.807, 2.05) is 6.92 Å². The van der Waals surface area contributed by atoms with Gasteiger partial charge in [0.1, 0.15) is 17.6 Å². The highest BCUT2D eigenvalue weighted by Crippen LogP contribution is 2.30. The number of rotatable bonds is 4. The van der Waals surface area contributed by atoms with Gasteiger partial charge in [0.2, 0.25) is 0 Å². The minimum absolute atomic E-state index is 0.0150. The Morgan fingerprint density at radius 3 is 2.83 bits per heavy atom. The lowest BCUT2D eigenvalue weighted by atomic mass is 10.2. The van der Waals surface area contributed by atoms with Crippen LogP contribution < -0.4 is 5.73 Å². The lowest BCUT2D eigenvalue weighted by Gasteiger charge is -2.20. The van der Waals surface area contributed by atoms with Crippen LogP contribution in [0.5, 0.6) is 0 Å². The lowest BCUT2D eigenvalue weighted by Crippen LogP contribution is -2.33. The zero-order valence-electron chi connectivity index (χ0n) is 10.00. The van der Waals surface area contributed by atoms with Gasteiger partial charge in [-0.25, -0.2) is 4.98 Å². The number of anilines is 1. The topological polar surface area (TPSA) is 102 Å². The molecule has 0 aliphatic heterocycles. The van der Waals surface area contributed by atoms with E-state index in [1.165, 1.54) is 6.07 Å². The molecule has 1 amide bonds. The van der Waals surface area contributed by atoms with Gasteiger partial charge in [0.05, 0.1) is 4.92 Å². The fourth-order valence-corrected chi connectivity index (χ4v) is 1.89. The van der Waals surface area contributed by atoms with Crippen molar-refractivity contribution in [1.82, 2.24) is 9.88 Å². The highest BCUT2D eigenvalue weighted by molar-refractivity contribution is 5.99. The molecule has 1 fully saturated rings. The van der Waals surface area contributed by atoms with Gasteiger partial charge in [-0.15, -0.1) is 0 Å². The highest BCUT2D eigenvalue weighted by Gasteiger charge is 2.34. The van der Waals surface area contributed by atoms with Crippen LogP contribution in [-0.2, 0) is 0 Å². The molecule has 1 aromatic rings. The summed E-state index contributed by atoms with van der Waals surface area (Å²) in [5.41, 5.74) is 5.21. The van der Waals surface area contributed by atoms with Gasteiger partial charge in [0.25, 0.3) is 11.6 Å². The summed E-state index contributed by atoms with van der Waals surface area (Å²) >= 11 is 0. The number of amides is 1. The summed E-state index contributed by atoms with van der Waals surface area (Å²) in [6.45, 7) is 2.38. The molecule has 1 saturated carbocycles. The minimum Gasteiger partial charge on any atom is -0.384 e. The van der Waals surface area contributed by atoms with Gasteiger partial charge in [-0.2, -0.15) is 0 Å². The van der Waals surface area contributed by atoms with Crippen LogP contribution >= 0.6 is 0 Å². The molecule has 18 heavy (non-hydrogen) atoms. The van der Waals surface area contributed by atoms with Gasteiger partial charge in [0, 0.05) is 12.6 Å². The number of aromatic nitrogens is 1. The Kier molecular flexibility index (Phi) is 3.14. The van der Waals surface area contributed by atoms with Crippen molar-refractivity contribution < 1.29 is 9.72 Å². The Hall–Kier alpha value is -2.18. The van der Waals surface area contributed by atoms with Gasteiger partial charge in [-0.05, 0) is 25.8 Å². The Bertz CT molecular complexity index is 499. The van der Waals surface area contributed by atoms with Crippen molar-refractivity contribution in [3.8, 4) is 0 Å². The predicted molar refractivity (Wildman–Crippen MR) is 65.0 cm³/mol. The van der Waals surface area contributed by atoms with Crippen molar-refractivity contribution in [2.24, 2.45) is 0 Å². The van der Waals surface area contributed by atoms with Crippen molar-refractivity contribution in [2.45, 2.75) is 25.8 Å². The molecule has 1 aliphatic carbocycles. The molecule has 1 aliphatic rings. The van der Waals surface area contributed by atoms with E-state index in [9.17, 15) is 14.9 Å². The fraction of sp³-hybridized carbons (Fsp3) is 0.455. The van der Waals surface area contributed by atoms with Crippen LogP contribution in [0, 0.1) is 10.1 Å². The first-order valence-electron chi connectivity index (χ1n) is 5.75. The van der Waals surface area contributed by atoms with Crippen molar-refractivity contribution in [3.63, 3.8) is 0 Å². The zero-order chi connectivity index (χ0) is 13.3. The summed E-state index contributed by atoms with van der Waals surface area (Å²) in [6.07, 6.45) is 2.94. The number of nitro groups is 1. The molecular formula is C11H14N4O3. The average molecular weight is 250 g/mol. The lowest BCUT2D eigenvalue weighted by molar-refractivity contribution is -0.385. The first-order chi connectivity index (χ1) is 8.54. The molecule has 2 N–H and O–H groups in total. The number of nitrogen functional groups attached to an aromatic ring is 1. The summed E-state index contributed by atoms with van der Waals surface area (Å²) in [7, 11) is 0. The number of nitrogens with zero attached hydrogens (tertiary/aromatic N) is 3. The molecule has 0 bridgehead atoms. The van der Waals surface area contributed by atoms with Crippen LogP contribution in [0.4, 0.5) is 11.5 Å². The van der Waals surface area contributed by atoms with E-state index in [2.05, 4.69) is 4.98 Å². The third-order valence-electron chi connectivity index (χ3n) is 2.92. The van der Waals surface area contributed by atoms with Crippen LogP contribution in [0.1, 0.15) is 30.1 Å². The van der Waals surface area contributed by atoms with Crippen LogP contribution in [0.2, 0.25) is 0 Å². The summed E-state index contributed by atoms with van der Waals surface area (Å²) < 4.78 is 0. The highest BCUT2D eigenvalue weighted by atomic mass is 16.6. The maximum Gasteiger partial charge on any atom is 0.300 e. The molecule has 0 aromatic carbocycles. The van der Waals surface area contributed by atoms with E-state index in [-0.39, 0.29) is 29.0 Å². The number of nitrogens with two attached hydrogens (primary N) is 1. The van der Waals surface area contributed by atoms with Gasteiger partial charge >= 0.3 is 0 Å². The first-order valence-corrected chi connectivity index (χ1v) is 5.75. The number of carbonyl (C=O) groups is 1. The molecule has 0 unspecified atom stereocenters. The number of carbonyl (C=O) groups excluding carboxylic acids is 1. The SMILES string of the molecule is CCN(C(=O)c1cc(N)ncc1[N+](=O)[O-])C1CC1. The molecule has 7 nitrogen and oxygen atoms in total. The van der Waals surface area contributed by atoms with Crippen molar-refractivity contribution in [3.05, 3.63) is 27.9 Å². The molecule has 1 aromatic heterocycles. The number of pyridine rings is 1. The van der Waals surface area contributed by atoms with Gasteiger partial charge in [0.15, 0.2) is 0 Å². The normalized spacial score (nSPS) is 14.3. The summed E-state index contributed by atoms with van der Waals surface area (Å²) in [4.78, 5) is 27.8. The van der Waals surface area contributed by atoms with E-state index in [0.29, 0.717) is 6.54 Å². The van der Waals surface area contributed by atoms with Crippen molar-refractivity contribution in [1.29, 1.82) is 0 Å². The molecule has 0 radical (unpaired) electrons. The molecule has 2 rings (SSSR count). The first kappa shape index (κ1) is 12.3. The second-order valence-corrected chi connectivity index (χ2v) is 4.21. The largest absolute Gasteiger partial charge is 0.384 e. The van der Waals surface area contributed by atoms with Gasteiger partial charge in [-0.3, -0.25) is 14.9 Å². The Balaban J connectivity index is 2.38. The predicted octanol–water partition coefficient (Wildman–Crippen LogP) is 1.20. The molecule has 96 valence electrons. The van der Waals surface area contributed by atoms with Crippen LogP contribution in [0.25, 0.3) is 0 Å². The van der Waals surface area contributed by atoms with E-state index in [1.54, 1.807) is 4.90 Å². The third kappa shape index (κ3) is 2.24. The van der Waals surface area contributed by atoms with Crippen molar-refractivity contribution in [2.75, 3.05) is 12.3 Å². The third-order valence-corrected chi connectivity index (χ3v) is 2.92.